The van der Waals surface area contributed by atoms with Crippen molar-refractivity contribution in [2.75, 3.05) is 6.54 Å². The highest BCUT2D eigenvalue weighted by Gasteiger charge is 2.47. The Morgan fingerprint density at radius 2 is 2.08 bits per heavy atom. The van der Waals surface area contributed by atoms with Crippen LogP contribution in [0.2, 0.25) is 0 Å². The molecule has 0 saturated heterocycles. The topological polar surface area (TPSA) is 37.7 Å². The monoisotopic (exact) mass is 371 g/mol. The van der Waals surface area contributed by atoms with Gasteiger partial charge in [0.25, 0.3) is 0 Å². The van der Waals surface area contributed by atoms with E-state index in [0.29, 0.717) is 12.5 Å². The van der Waals surface area contributed by atoms with Gasteiger partial charge in [-0.05, 0) is 42.5 Å². The van der Waals surface area contributed by atoms with E-state index in [1.807, 2.05) is 0 Å². The number of allylic oxidation sites excluding steroid dienone is 2. The average molecular weight is 371 g/mol. The molecule has 0 aromatic carbocycles. The summed E-state index contributed by atoms with van der Waals surface area (Å²) in [5.41, 5.74) is 0.0192. The number of fused-ring (bicyclic) bond motifs is 3. The number of pyridine rings is 1. The fourth-order valence-corrected chi connectivity index (χ4v) is 3.78. The Morgan fingerprint density at radius 3 is 2.81 bits per heavy atom. The van der Waals surface area contributed by atoms with Gasteiger partial charge in [-0.2, -0.15) is 22.0 Å². The minimum absolute atomic E-state index is 0.00274. The van der Waals surface area contributed by atoms with Gasteiger partial charge in [0.05, 0.1) is 12.1 Å². The summed E-state index contributed by atoms with van der Waals surface area (Å²) in [6.07, 6.45) is 2.33. The van der Waals surface area contributed by atoms with Crippen LogP contribution in [0.4, 0.5) is 22.0 Å². The van der Waals surface area contributed by atoms with Crippen LogP contribution in [-0.2, 0) is 16.7 Å². The van der Waals surface area contributed by atoms with E-state index in [1.165, 1.54) is 4.90 Å². The molecule has 1 aromatic rings. The zero-order valence-electron chi connectivity index (χ0n) is 13.4. The maximum absolute atomic E-state index is 13.2. The van der Waals surface area contributed by atoms with Gasteiger partial charge < -0.3 is 9.64 Å². The van der Waals surface area contributed by atoms with E-state index in [2.05, 4.69) is 14.7 Å². The van der Waals surface area contributed by atoms with E-state index in [4.69, 9.17) is 0 Å². The number of halogens is 5. The van der Waals surface area contributed by atoms with Crippen molar-refractivity contribution >= 4 is 5.84 Å². The number of rotatable bonds is 2. The summed E-state index contributed by atoms with van der Waals surface area (Å²) in [6.45, 7) is -3.10. The lowest BCUT2D eigenvalue weighted by molar-refractivity contribution is -0.0981. The number of ether oxygens (including phenoxy) is 1. The molecule has 1 spiro atoms. The quantitative estimate of drug-likeness (QED) is 0.740. The molecular weight excluding hydrogens is 357 g/mol. The van der Waals surface area contributed by atoms with Crippen molar-refractivity contribution in [1.82, 2.24) is 9.88 Å². The predicted octanol–water partition coefficient (Wildman–Crippen LogP) is 3.91. The zero-order chi connectivity index (χ0) is 18.5. The second-order valence-electron chi connectivity index (χ2n) is 6.45. The molecule has 0 amide bonds. The van der Waals surface area contributed by atoms with Crippen LogP contribution in [0.25, 0.3) is 0 Å². The van der Waals surface area contributed by atoms with Gasteiger partial charge in [-0.25, -0.2) is 0 Å². The predicted molar refractivity (Wildman–Crippen MR) is 82.3 cm³/mol. The minimum atomic E-state index is -4.67. The number of aromatic nitrogens is 1. The third-order valence-corrected chi connectivity index (χ3v) is 4.81. The normalized spacial score (nSPS) is 24.8. The Kier molecular flexibility index (Phi) is 3.78. The van der Waals surface area contributed by atoms with Crippen LogP contribution >= 0.6 is 0 Å². The van der Waals surface area contributed by atoms with Gasteiger partial charge in [-0.15, -0.1) is 0 Å². The van der Waals surface area contributed by atoms with Crippen molar-refractivity contribution < 1.29 is 26.7 Å². The van der Waals surface area contributed by atoms with Crippen LogP contribution in [0, 0.1) is 0 Å². The minimum Gasteiger partial charge on any atom is -0.431 e. The summed E-state index contributed by atoms with van der Waals surface area (Å²) in [5, 5.41) is 0. The molecule has 4 nitrogen and oxygen atoms in total. The van der Waals surface area contributed by atoms with E-state index in [1.54, 1.807) is 18.5 Å². The van der Waals surface area contributed by atoms with Gasteiger partial charge >= 0.3 is 12.8 Å². The van der Waals surface area contributed by atoms with Gasteiger partial charge in [0.15, 0.2) is 11.6 Å². The van der Waals surface area contributed by atoms with Crippen molar-refractivity contribution in [2.24, 2.45) is 4.99 Å². The SMILES string of the molecule is FC(F)OC1=CC(C(F)(F)F)=CN2C[C@]3(CCCc4cnccc43)N=C12. The van der Waals surface area contributed by atoms with Crippen molar-refractivity contribution in [1.29, 1.82) is 0 Å². The molecule has 2 aliphatic heterocycles. The number of alkyl halides is 5. The van der Waals surface area contributed by atoms with E-state index >= 15 is 0 Å². The van der Waals surface area contributed by atoms with Crippen LogP contribution in [0.5, 0.6) is 0 Å². The summed E-state index contributed by atoms with van der Waals surface area (Å²) < 4.78 is 69.3. The van der Waals surface area contributed by atoms with Gasteiger partial charge in [0, 0.05) is 18.6 Å². The second kappa shape index (κ2) is 5.78. The maximum atomic E-state index is 13.2. The van der Waals surface area contributed by atoms with Gasteiger partial charge in [-0.3, -0.25) is 9.98 Å². The van der Waals surface area contributed by atoms with Gasteiger partial charge in [-0.1, -0.05) is 0 Å². The molecule has 0 fully saturated rings. The fraction of sp³-hybridized carbons (Fsp3) is 0.412. The van der Waals surface area contributed by atoms with Crippen LogP contribution in [0.3, 0.4) is 0 Å². The fourth-order valence-electron chi connectivity index (χ4n) is 3.78. The Hall–Kier alpha value is -2.45. The first-order valence-corrected chi connectivity index (χ1v) is 8.04. The van der Waals surface area contributed by atoms with E-state index in [0.717, 1.165) is 30.2 Å². The van der Waals surface area contributed by atoms with Gasteiger partial charge in [0.1, 0.15) is 5.54 Å². The van der Waals surface area contributed by atoms with Crippen molar-refractivity contribution in [3.05, 3.63) is 53.2 Å². The number of hydrogen-bond donors (Lipinski definition) is 0. The van der Waals surface area contributed by atoms with Crippen molar-refractivity contribution in [3.63, 3.8) is 0 Å². The number of hydrogen-bond acceptors (Lipinski definition) is 4. The molecule has 3 heterocycles. The molecule has 0 N–H and O–H groups in total. The molecule has 0 saturated carbocycles. The summed E-state index contributed by atoms with van der Waals surface area (Å²) in [6, 6.07) is 1.79. The summed E-state index contributed by atoms with van der Waals surface area (Å²) in [7, 11) is 0. The Balaban J connectivity index is 1.80. The first-order valence-electron chi connectivity index (χ1n) is 8.04. The number of nitrogens with zero attached hydrogens (tertiary/aromatic N) is 3. The number of aryl methyl sites for hydroxylation is 1. The highest BCUT2D eigenvalue weighted by atomic mass is 19.4. The first kappa shape index (κ1) is 17.0. The van der Waals surface area contributed by atoms with Crippen LogP contribution < -0.4 is 0 Å². The Morgan fingerprint density at radius 1 is 1.27 bits per heavy atom. The molecule has 138 valence electrons. The molecule has 1 aromatic heterocycles. The molecule has 1 atom stereocenters. The van der Waals surface area contributed by atoms with E-state index < -0.39 is 29.7 Å². The van der Waals surface area contributed by atoms with Crippen molar-refractivity contribution in [2.45, 2.75) is 37.6 Å². The molecule has 0 bridgehead atoms. The molecule has 1 aliphatic carbocycles. The van der Waals surface area contributed by atoms with Crippen LogP contribution in [0.15, 0.2) is 47.1 Å². The lowest BCUT2D eigenvalue weighted by Crippen LogP contribution is -2.36. The van der Waals surface area contributed by atoms with E-state index in [9.17, 15) is 22.0 Å². The van der Waals surface area contributed by atoms with Crippen LogP contribution in [0.1, 0.15) is 24.0 Å². The third-order valence-electron chi connectivity index (χ3n) is 4.81. The molecule has 3 aliphatic rings. The molecule has 4 rings (SSSR count). The molecule has 0 radical (unpaired) electrons. The summed E-state index contributed by atoms with van der Waals surface area (Å²) >= 11 is 0. The van der Waals surface area contributed by atoms with Crippen LogP contribution in [-0.4, -0.2) is 35.1 Å². The highest BCUT2D eigenvalue weighted by Crippen LogP contribution is 2.45. The molecular formula is C17H14F5N3O. The average Bonchev–Trinajstić information content (AvgIpc) is 2.93. The zero-order valence-corrected chi connectivity index (χ0v) is 13.4. The standard InChI is InChI=1S/C17H14F5N3O/c18-15(19)26-13-6-11(17(20,21)22)8-25-9-16(24-14(13)25)4-1-2-10-7-23-5-3-12(10)16/h3,5-8,15H,1-2,4,9H2/t16-/m0/s1. The van der Waals surface area contributed by atoms with E-state index in [-0.39, 0.29) is 12.4 Å². The Labute approximate surface area is 145 Å². The third kappa shape index (κ3) is 2.75. The van der Waals surface area contributed by atoms with Gasteiger partial charge in [0.2, 0.25) is 0 Å². The first-order chi connectivity index (χ1) is 12.3. The maximum Gasteiger partial charge on any atom is 0.417 e. The lowest BCUT2D eigenvalue weighted by Gasteiger charge is -2.33. The highest BCUT2D eigenvalue weighted by molar-refractivity contribution is 6.00. The smallest absolute Gasteiger partial charge is 0.417 e. The summed E-state index contributed by atoms with van der Waals surface area (Å²) in [5.74, 6) is -0.559. The largest absolute Gasteiger partial charge is 0.431 e. The summed E-state index contributed by atoms with van der Waals surface area (Å²) in [4.78, 5) is 9.91. The Bertz CT molecular complexity index is 830. The second-order valence-corrected chi connectivity index (χ2v) is 6.45. The number of aliphatic imine (C=N–C) groups is 1. The van der Waals surface area contributed by atoms with Crippen molar-refractivity contribution in [3.8, 4) is 0 Å². The molecule has 26 heavy (non-hydrogen) atoms. The number of amidine groups is 1. The lowest BCUT2D eigenvalue weighted by atomic mass is 9.78. The molecule has 0 unspecified atom stereocenters. The molecule has 9 heteroatoms.